The molecule has 0 bridgehead atoms. The van der Waals surface area contributed by atoms with Gasteiger partial charge in [0.05, 0.1) is 25.3 Å². The Morgan fingerprint density at radius 1 is 0.431 bits per heavy atom. The van der Waals surface area contributed by atoms with Crippen molar-refractivity contribution in [3.8, 4) is 0 Å². The highest BCUT2D eigenvalue weighted by molar-refractivity contribution is 7.80. The first-order chi connectivity index (χ1) is 27.0. The lowest BCUT2D eigenvalue weighted by molar-refractivity contribution is -0.144. The summed E-state index contributed by atoms with van der Waals surface area (Å²) in [5.41, 5.74) is 10.9. The standard InChI is InChI=1S/C31H48N8O18S/c32-8-2-1-3-14(26(51)39-19(12-58)31(56)57)34-27(52)15(4-6-20(40)41)35-28(53)16(5-7-21(42)43)36-29(54)18(11-24(48)49)38-30(55)17(10-23(46)47)37-25(50)13(33)9-22(44)45/h13-19,58H,1-12,32-33H2,(H,34,52)(H,35,53)(H,36,54)(H,37,50)(H,38,55)(H,39,51)(H,40,41)(H,42,43)(H,44,45)(H,46,47)(H,48,49)(H,56,57)/t13-,14-,15-,16-,17-,18-,19-/m0/s1. The van der Waals surface area contributed by atoms with Gasteiger partial charge in [-0.2, -0.15) is 12.6 Å². The molecule has 0 rings (SSSR count). The minimum atomic E-state index is -2.16. The molecule has 0 aliphatic carbocycles. The number of carbonyl (C=O) groups excluding carboxylic acids is 6. The molecule has 16 N–H and O–H groups in total. The monoisotopic (exact) mass is 852 g/mol. The van der Waals surface area contributed by atoms with E-state index < -0.39 is 158 Å². The molecule has 0 spiro atoms. The zero-order chi connectivity index (χ0) is 44.7. The van der Waals surface area contributed by atoms with Gasteiger partial charge in [0.25, 0.3) is 0 Å². The third-order valence-corrected chi connectivity index (χ3v) is 8.06. The van der Waals surface area contributed by atoms with Crippen LogP contribution in [0.25, 0.3) is 0 Å². The van der Waals surface area contributed by atoms with Crippen LogP contribution in [0.5, 0.6) is 0 Å². The van der Waals surface area contributed by atoms with Gasteiger partial charge < -0.3 is 74.0 Å². The van der Waals surface area contributed by atoms with E-state index in [1.807, 2.05) is 16.0 Å². The molecule has 0 heterocycles. The number of carboxylic acid groups (broad SMARTS) is 6. The topological polar surface area (TPSA) is 450 Å². The molecular formula is C31H48N8O18S. The Morgan fingerprint density at radius 3 is 1.09 bits per heavy atom. The highest BCUT2D eigenvalue weighted by Crippen LogP contribution is 2.08. The van der Waals surface area contributed by atoms with Gasteiger partial charge in [-0.3, -0.25) is 52.7 Å². The van der Waals surface area contributed by atoms with E-state index in [4.69, 9.17) is 16.6 Å². The average Bonchev–Trinajstić information content (AvgIpc) is 3.11. The number of rotatable bonds is 30. The molecule has 0 saturated carbocycles. The zero-order valence-corrected chi connectivity index (χ0v) is 31.6. The maximum absolute atomic E-state index is 13.5. The summed E-state index contributed by atoms with van der Waals surface area (Å²) in [6.45, 7) is 0.178. The van der Waals surface area contributed by atoms with Crippen molar-refractivity contribution in [1.29, 1.82) is 0 Å². The Kier molecular flexibility index (Phi) is 23.9. The molecule has 0 radical (unpaired) electrons. The lowest BCUT2D eigenvalue weighted by Crippen LogP contribution is -2.60. The molecule has 0 aromatic rings. The highest BCUT2D eigenvalue weighted by atomic mass is 32.1. The molecule has 27 heteroatoms. The van der Waals surface area contributed by atoms with Crippen molar-refractivity contribution < 1.29 is 88.2 Å². The van der Waals surface area contributed by atoms with Crippen LogP contribution in [0.4, 0.5) is 0 Å². The quantitative estimate of drug-likeness (QED) is 0.0237. The third kappa shape index (κ3) is 21.3. The molecule has 0 saturated heterocycles. The second kappa shape index (κ2) is 26.7. The number of carboxylic acids is 6. The molecule has 6 amide bonds. The molecule has 0 aromatic carbocycles. The van der Waals surface area contributed by atoms with Crippen molar-refractivity contribution >= 4 is 83.9 Å². The Balaban J connectivity index is 6.51. The number of amides is 6. The van der Waals surface area contributed by atoms with Gasteiger partial charge >= 0.3 is 35.8 Å². The minimum absolute atomic E-state index is 0.104. The minimum Gasteiger partial charge on any atom is -0.481 e. The summed E-state index contributed by atoms with van der Waals surface area (Å²) in [5.74, 6) is -17.5. The molecule has 58 heavy (non-hydrogen) atoms. The fraction of sp³-hybridized carbons (Fsp3) is 0.613. The number of nitrogens with two attached hydrogens (primary N) is 2. The van der Waals surface area contributed by atoms with Crippen molar-refractivity contribution in [2.24, 2.45) is 11.5 Å². The van der Waals surface area contributed by atoms with Crippen LogP contribution in [-0.2, 0) is 57.5 Å². The van der Waals surface area contributed by atoms with Crippen molar-refractivity contribution in [3.63, 3.8) is 0 Å². The fourth-order valence-corrected chi connectivity index (χ4v) is 4.96. The Morgan fingerprint density at radius 2 is 0.759 bits per heavy atom. The number of nitrogens with one attached hydrogen (secondary N) is 6. The van der Waals surface area contributed by atoms with Gasteiger partial charge in [0.1, 0.15) is 36.3 Å². The fourth-order valence-electron chi connectivity index (χ4n) is 4.71. The molecule has 0 unspecified atom stereocenters. The lowest BCUT2D eigenvalue weighted by atomic mass is 10.0. The van der Waals surface area contributed by atoms with Gasteiger partial charge in [-0.25, -0.2) is 4.79 Å². The molecule has 0 aromatic heterocycles. The lowest BCUT2D eigenvalue weighted by Gasteiger charge is -2.27. The number of hydrogen-bond acceptors (Lipinski definition) is 15. The van der Waals surface area contributed by atoms with E-state index in [0.29, 0.717) is 6.42 Å². The first kappa shape index (κ1) is 51.9. The van der Waals surface area contributed by atoms with Crippen molar-refractivity contribution in [2.75, 3.05) is 12.3 Å². The summed E-state index contributed by atoms with van der Waals surface area (Å²) >= 11 is 3.86. The van der Waals surface area contributed by atoms with Crippen LogP contribution in [0.1, 0.15) is 64.2 Å². The van der Waals surface area contributed by atoms with Gasteiger partial charge in [0, 0.05) is 18.6 Å². The molecule has 7 atom stereocenters. The van der Waals surface area contributed by atoms with E-state index in [0.717, 1.165) is 0 Å². The van der Waals surface area contributed by atoms with Gasteiger partial charge in [-0.1, -0.05) is 0 Å². The van der Waals surface area contributed by atoms with E-state index in [1.165, 1.54) is 0 Å². The maximum Gasteiger partial charge on any atom is 0.327 e. The van der Waals surface area contributed by atoms with Crippen molar-refractivity contribution in [1.82, 2.24) is 31.9 Å². The van der Waals surface area contributed by atoms with Crippen LogP contribution < -0.4 is 43.4 Å². The van der Waals surface area contributed by atoms with E-state index in [9.17, 15) is 83.1 Å². The summed E-state index contributed by atoms with van der Waals surface area (Å²) in [4.78, 5) is 147. The first-order valence-corrected chi connectivity index (χ1v) is 17.9. The van der Waals surface area contributed by atoms with E-state index in [1.54, 1.807) is 0 Å². The predicted octanol–water partition coefficient (Wildman–Crippen LogP) is -5.48. The normalized spacial score (nSPS) is 14.3. The van der Waals surface area contributed by atoms with E-state index in [2.05, 4.69) is 28.6 Å². The smallest absolute Gasteiger partial charge is 0.327 e. The molecule has 0 aliphatic rings. The summed E-state index contributed by atoms with van der Waals surface area (Å²) in [6.07, 6.45) is -5.88. The van der Waals surface area contributed by atoms with Crippen molar-refractivity contribution in [3.05, 3.63) is 0 Å². The summed E-state index contributed by atoms with van der Waals surface area (Å²) in [6, 6.07) is -12.7. The van der Waals surface area contributed by atoms with Gasteiger partial charge in [-0.05, 0) is 38.6 Å². The van der Waals surface area contributed by atoms with Crippen LogP contribution in [0.2, 0.25) is 0 Å². The summed E-state index contributed by atoms with van der Waals surface area (Å²) in [7, 11) is 0. The highest BCUT2D eigenvalue weighted by Gasteiger charge is 2.35. The Labute approximate surface area is 334 Å². The van der Waals surface area contributed by atoms with Crippen LogP contribution in [0.15, 0.2) is 0 Å². The van der Waals surface area contributed by atoms with Crippen LogP contribution in [0.3, 0.4) is 0 Å². The first-order valence-electron chi connectivity index (χ1n) is 17.2. The second-order valence-corrected chi connectivity index (χ2v) is 12.8. The average molecular weight is 853 g/mol. The van der Waals surface area contributed by atoms with Crippen LogP contribution in [-0.4, -0.2) is 156 Å². The summed E-state index contributed by atoms with van der Waals surface area (Å²) < 4.78 is 0. The molecule has 0 fully saturated rings. The predicted molar refractivity (Wildman–Crippen MR) is 194 cm³/mol. The largest absolute Gasteiger partial charge is 0.481 e. The Bertz CT molecular complexity index is 1550. The van der Waals surface area contributed by atoms with Gasteiger partial charge in [0.15, 0.2) is 0 Å². The van der Waals surface area contributed by atoms with Crippen LogP contribution >= 0.6 is 12.6 Å². The third-order valence-electron chi connectivity index (χ3n) is 7.69. The molecule has 326 valence electrons. The number of thiol groups is 1. The van der Waals surface area contributed by atoms with Gasteiger partial charge in [0.2, 0.25) is 35.4 Å². The van der Waals surface area contributed by atoms with Gasteiger partial charge in [-0.15, -0.1) is 0 Å². The maximum atomic E-state index is 13.5. The number of hydrogen-bond donors (Lipinski definition) is 15. The number of carbonyl (C=O) groups is 12. The number of unbranched alkanes of at least 4 members (excludes halogenated alkanes) is 1. The molecular weight excluding hydrogens is 804 g/mol. The SMILES string of the molecule is NCCCC[C@H](NC(=O)[C@H](CCC(=O)O)NC(=O)[C@H](CCC(=O)O)NC(=O)[C@H](CC(=O)O)NC(=O)[C@H](CC(=O)O)NC(=O)[C@@H](N)CC(=O)O)C(=O)N[C@@H](CS)C(=O)O. The summed E-state index contributed by atoms with van der Waals surface area (Å²) in [5, 5.41) is 67.8. The molecule has 0 aliphatic heterocycles. The van der Waals surface area contributed by atoms with E-state index in [-0.39, 0.29) is 25.1 Å². The van der Waals surface area contributed by atoms with Crippen molar-refractivity contribution in [2.45, 2.75) is 107 Å². The Hall–Kier alpha value is -6.09. The number of aliphatic carboxylic acids is 6. The zero-order valence-electron chi connectivity index (χ0n) is 30.7. The van der Waals surface area contributed by atoms with Crippen LogP contribution in [0, 0.1) is 0 Å². The second-order valence-electron chi connectivity index (χ2n) is 12.4. The molecule has 26 nitrogen and oxygen atoms in total. The van der Waals surface area contributed by atoms with E-state index >= 15 is 0 Å².